The SMILES string of the molecule is O=C(N/N=C/c1cc2ccccc2nc1Cl)C(=O)Nc1ccccc1Cl. The van der Waals surface area contributed by atoms with E-state index in [9.17, 15) is 9.59 Å². The first kappa shape index (κ1) is 17.8. The quantitative estimate of drug-likeness (QED) is 0.312. The molecule has 0 aliphatic carbocycles. The number of amides is 2. The van der Waals surface area contributed by atoms with Crippen LogP contribution in [0.4, 0.5) is 5.69 Å². The van der Waals surface area contributed by atoms with Crippen LogP contribution >= 0.6 is 23.2 Å². The molecule has 1 aromatic heterocycles. The summed E-state index contributed by atoms with van der Waals surface area (Å²) in [5, 5.41) is 7.59. The molecule has 2 N–H and O–H groups in total. The van der Waals surface area contributed by atoms with E-state index < -0.39 is 11.8 Å². The lowest BCUT2D eigenvalue weighted by Gasteiger charge is -2.05. The third-order valence-electron chi connectivity index (χ3n) is 3.40. The fraction of sp³-hybridized carbons (Fsp3) is 0. The Bertz CT molecular complexity index is 1020. The molecular formula is C18H12Cl2N4O2. The van der Waals surface area contributed by atoms with Crippen molar-refractivity contribution in [2.75, 3.05) is 5.32 Å². The smallest absolute Gasteiger partial charge is 0.316 e. The minimum atomic E-state index is -0.939. The van der Waals surface area contributed by atoms with Gasteiger partial charge in [-0.05, 0) is 24.3 Å². The summed E-state index contributed by atoms with van der Waals surface area (Å²) in [5.41, 5.74) is 3.73. The number of hydrogen-bond donors (Lipinski definition) is 2. The van der Waals surface area contributed by atoms with E-state index in [1.807, 2.05) is 24.3 Å². The summed E-state index contributed by atoms with van der Waals surface area (Å²) in [7, 11) is 0. The highest BCUT2D eigenvalue weighted by atomic mass is 35.5. The largest absolute Gasteiger partial charge is 0.329 e. The maximum absolute atomic E-state index is 11.9. The maximum Gasteiger partial charge on any atom is 0.329 e. The Kier molecular flexibility index (Phi) is 5.46. The molecule has 8 heteroatoms. The molecular weight excluding hydrogens is 375 g/mol. The van der Waals surface area contributed by atoms with E-state index in [-0.39, 0.29) is 5.15 Å². The van der Waals surface area contributed by atoms with E-state index in [0.717, 1.165) is 10.9 Å². The highest BCUT2D eigenvalue weighted by Gasteiger charge is 2.14. The number of carbonyl (C=O) groups excluding carboxylic acids is 2. The van der Waals surface area contributed by atoms with Crippen LogP contribution in [0, 0.1) is 0 Å². The number of nitrogens with zero attached hydrogens (tertiary/aromatic N) is 2. The first-order chi connectivity index (χ1) is 12.5. The lowest BCUT2D eigenvalue weighted by molar-refractivity contribution is -0.136. The Balaban J connectivity index is 1.66. The zero-order valence-electron chi connectivity index (χ0n) is 13.2. The van der Waals surface area contributed by atoms with Gasteiger partial charge in [-0.25, -0.2) is 10.4 Å². The van der Waals surface area contributed by atoms with Crippen LogP contribution in [0.1, 0.15) is 5.56 Å². The minimum Gasteiger partial charge on any atom is -0.316 e. The number of carbonyl (C=O) groups is 2. The van der Waals surface area contributed by atoms with Crippen LogP contribution in [0.3, 0.4) is 0 Å². The average Bonchev–Trinajstić information content (AvgIpc) is 2.63. The summed E-state index contributed by atoms with van der Waals surface area (Å²) >= 11 is 12.0. The summed E-state index contributed by atoms with van der Waals surface area (Å²) in [4.78, 5) is 27.9. The normalized spacial score (nSPS) is 10.8. The lowest BCUT2D eigenvalue weighted by atomic mass is 10.2. The number of hydrogen-bond acceptors (Lipinski definition) is 4. The second-order valence-electron chi connectivity index (χ2n) is 5.19. The van der Waals surface area contributed by atoms with Crippen LogP contribution in [0.5, 0.6) is 0 Å². The van der Waals surface area contributed by atoms with Gasteiger partial charge < -0.3 is 5.32 Å². The second-order valence-corrected chi connectivity index (χ2v) is 5.96. The molecule has 1 heterocycles. The number of para-hydroxylation sites is 2. The number of hydrazone groups is 1. The first-order valence-corrected chi connectivity index (χ1v) is 8.24. The van der Waals surface area contributed by atoms with Gasteiger partial charge in [-0.15, -0.1) is 0 Å². The fourth-order valence-electron chi connectivity index (χ4n) is 2.15. The third-order valence-corrected chi connectivity index (χ3v) is 4.03. The highest BCUT2D eigenvalue weighted by molar-refractivity contribution is 6.41. The molecule has 2 aromatic carbocycles. The van der Waals surface area contributed by atoms with Crippen molar-refractivity contribution >= 4 is 57.8 Å². The van der Waals surface area contributed by atoms with Gasteiger partial charge in [0, 0.05) is 10.9 Å². The topological polar surface area (TPSA) is 83.5 Å². The Morgan fingerprint density at radius 1 is 1.00 bits per heavy atom. The molecule has 0 aliphatic heterocycles. The van der Waals surface area contributed by atoms with E-state index in [1.54, 1.807) is 30.3 Å². The summed E-state index contributed by atoms with van der Waals surface area (Å²) in [5.74, 6) is -1.83. The molecule has 0 unspecified atom stereocenters. The molecule has 0 atom stereocenters. The number of halogens is 2. The number of aromatic nitrogens is 1. The van der Waals surface area contributed by atoms with Crippen LogP contribution in [0.2, 0.25) is 10.2 Å². The van der Waals surface area contributed by atoms with Gasteiger partial charge in [0.15, 0.2) is 0 Å². The standard InChI is InChI=1S/C18H12Cl2N4O2/c19-13-6-2-4-8-15(13)23-17(25)18(26)24-21-10-12-9-11-5-1-3-7-14(11)22-16(12)20/h1-10H,(H,23,25)(H,24,26)/b21-10+. The van der Waals surface area contributed by atoms with Crippen molar-refractivity contribution in [2.24, 2.45) is 5.10 Å². The summed E-state index contributed by atoms with van der Waals surface area (Å²) < 4.78 is 0. The summed E-state index contributed by atoms with van der Waals surface area (Å²) in [6.07, 6.45) is 1.32. The van der Waals surface area contributed by atoms with E-state index in [4.69, 9.17) is 23.2 Å². The van der Waals surface area contributed by atoms with Crippen LogP contribution in [-0.4, -0.2) is 23.0 Å². The molecule has 0 radical (unpaired) electrons. The number of rotatable bonds is 3. The van der Waals surface area contributed by atoms with Crippen LogP contribution in [-0.2, 0) is 9.59 Å². The van der Waals surface area contributed by atoms with Crippen molar-refractivity contribution < 1.29 is 9.59 Å². The van der Waals surface area contributed by atoms with Crippen molar-refractivity contribution in [1.82, 2.24) is 10.4 Å². The second kappa shape index (κ2) is 7.95. The average molecular weight is 387 g/mol. The van der Waals surface area contributed by atoms with Crippen molar-refractivity contribution in [2.45, 2.75) is 0 Å². The van der Waals surface area contributed by atoms with E-state index in [0.29, 0.717) is 16.3 Å². The van der Waals surface area contributed by atoms with E-state index in [1.165, 1.54) is 6.21 Å². The monoisotopic (exact) mass is 386 g/mol. The van der Waals surface area contributed by atoms with Crippen molar-refractivity contribution in [1.29, 1.82) is 0 Å². The Hall–Kier alpha value is -2.96. The Labute approximate surface area is 158 Å². The van der Waals surface area contributed by atoms with Crippen molar-refractivity contribution in [3.63, 3.8) is 0 Å². The van der Waals surface area contributed by atoms with Gasteiger partial charge in [-0.1, -0.05) is 53.5 Å². The van der Waals surface area contributed by atoms with Gasteiger partial charge in [0.25, 0.3) is 0 Å². The van der Waals surface area contributed by atoms with Crippen LogP contribution in [0.25, 0.3) is 10.9 Å². The summed E-state index contributed by atoms with van der Waals surface area (Å²) in [6.45, 7) is 0. The van der Waals surface area contributed by atoms with E-state index in [2.05, 4.69) is 20.8 Å². The summed E-state index contributed by atoms with van der Waals surface area (Å²) in [6, 6.07) is 15.8. The van der Waals surface area contributed by atoms with Gasteiger partial charge in [-0.2, -0.15) is 5.10 Å². The number of nitrogens with one attached hydrogen (secondary N) is 2. The number of anilines is 1. The number of fused-ring (bicyclic) bond motifs is 1. The molecule has 0 bridgehead atoms. The molecule has 0 fully saturated rings. The van der Waals surface area contributed by atoms with Crippen molar-refractivity contribution in [3.05, 3.63) is 70.3 Å². The molecule has 3 rings (SSSR count). The number of benzene rings is 2. The van der Waals surface area contributed by atoms with Gasteiger partial charge in [-0.3, -0.25) is 9.59 Å². The highest BCUT2D eigenvalue weighted by Crippen LogP contribution is 2.20. The lowest BCUT2D eigenvalue weighted by Crippen LogP contribution is -2.32. The number of pyridine rings is 1. The van der Waals surface area contributed by atoms with Gasteiger partial charge in [0.1, 0.15) is 5.15 Å². The third kappa shape index (κ3) is 4.17. The van der Waals surface area contributed by atoms with Crippen LogP contribution < -0.4 is 10.7 Å². The molecule has 3 aromatic rings. The first-order valence-electron chi connectivity index (χ1n) is 7.49. The van der Waals surface area contributed by atoms with Gasteiger partial charge >= 0.3 is 11.8 Å². The zero-order chi connectivity index (χ0) is 18.5. The minimum absolute atomic E-state index is 0.238. The molecule has 26 heavy (non-hydrogen) atoms. The molecule has 6 nitrogen and oxygen atoms in total. The molecule has 2 amide bonds. The predicted octanol–water partition coefficient (Wildman–Crippen LogP) is 3.63. The van der Waals surface area contributed by atoms with Gasteiger partial charge in [0.05, 0.1) is 22.4 Å². The van der Waals surface area contributed by atoms with Crippen molar-refractivity contribution in [3.8, 4) is 0 Å². The molecule has 0 aliphatic rings. The Morgan fingerprint density at radius 2 is 1.73 bits per heavy atom. The molecule has 130 valence electrons. The predicted molar refractivity (Wildman–Crippen MR) is 103 cm³/mol. The maximum atomic E-state index is 11.9. The molecule has 0 saturated heterocycles. The Morgan fingerprint density at radius 3 is 2.54 bits per heavy atom. The zero-order valence-corrected chi connectivity index (χ0v) is 14.8. The van der Waals surface area contributed by atoms with E-state index >= 15 is 0 Å². The fourth-order valence-corrected chi connectivity index (χ4v) is 2.53. The molecule has 0 spiro atoms. The van der Waals surface area contributed by atoms with Gasteiger partial charge in [0.2, 0.25) is 0 Å². The van der Waals surface area contributed by atoms with Crippen LogP contribution in [0.15, 0.2) is 59.7 Å². The molecule has 0 saturated carbocycles.